The van der Waals surface area contributed by atoms with Crippen molar-refractivity contribution in [2.24, 2.45) is 5.10 Å². The van der Waals surface area contributed by atoms with Crippen molar-refractivity contribution in [3.05, 3.63) is 17.7 Å². The van der Waals surface area contributed by atoms with E-state index in [1.54, 1.807) is 0 Å². The van der Waals surface area contributed by atoms with Crippen molar-refractivity contribution in [3.8, 4) is 11.5 Å². The van der Waals surface area contributed by atoms with Gasteiger partial charge in [0.1, 0.15) is 5.71 Å². The van der Waals surface area contributed by atoms with Crippen molar-refractivity contribution >= 4 is 39.0 Å². The molecule has 1 saturated heterocycles. The molecule has 1 aromatic rings. The highest BCUT2D eigenvalue weighted by molar-refractivity contribution is 7.91. The molecule has 1 fully saturated rings. The summed E-state index contributed by atoms with van der Waals surface area (Å²) in [6, 6.07) is 2.20. The van der Waals surface area contributed by atoms with Crippen LogP contribution in [0.25, 0.3) is 0 Å². The minimum atomic E-state index is -3.23. The Balaban J connectivity index is 1.89. The van der Waals surface area contributed by atoms with Crippen LogP contribution in [0.1, 0.15) is 29.6 Å². The standard InChI is InChI=1S/C19H23N3O8S/c1-28-15-8-12(19(25)30-3)14(9-16(15)29-2)20-18(24)13-4-5-17(23)22(21-13)11-6-7-31(26,27)10-11/h8-9,11H,4-7,10H2,1-3H3,(H,20,24). The van der Waals surface area contributed by atoms with Crippen LogP contribution in [0.15, 0.2) is 17.2 Å². The van der Waals surface area contributed by atoms with Crippen molar-refractivity contribution in [2.45, 2.75) is 25.3 Å². The number of nitrogens with one attached hydrogen (secondary N) is 1. The Bertz CT molecular complexity index is 1050. The maximum atomic E-state index is 12.9. The zero-order chi connectivity index (χ0) is 22.8. The lowest BCUT2D eigenvalue weighted by molar-refractivity contribution is -0.133. The Morgan fingerprint density at radius 3 is 2.39 bits per heavy atom. The monoisotopic (exact) mass is 453 g/mol. The van der Waals surface area contributed by atoms with Crippen LogP contribution >= 0.6 is 0 Å². The van der Waals surface area contributed by atoms with Gasteiger partial charge in [0.05, 0.1) is 50.1 Å². The molecule has 0 aliphatic carbocycles. The largest absolute Gasteiger partial charge is 0.493 e. The third kappa shape index (κ3) is 4.79. The van der Waals surface area contributed by atoms with Crippen LogP contribution in [0.2, 0.25) is 0 Å². The van der Waals surface area contributed by atoms with Crippen LogP contribution < -0.4 is 14.8 Å². The molecule has 11 nitrogen and oxygen atoms in total. The van der Waals surface area contributed by atoms with Gasteiger partial charge in [-0.15, -0.1) is 0 Å². The number of hydrazone groups is 1. The summed E-state index contributed by atoms with van der Waals surface area (Å²) in [5, 5.41) is 7.83. The Morgan fingerprint density at radius 2 is 1.81 bits per heavy atom. The van der Waals surface area contributed by atoms with E-state index in [-0.39, 0.29) is 65.1 Å². The molecule has 2 aliphatic heterocycles. The smallest absolute Gasteiger partial charge is 0.340 e. The normalized spacial score (nSPS) is 20.1. The van der Waals surface area contributed by atoms with Gasteiger partial charge in [0, 0.05) is 25.0 Å². The predicted octanol–water partition coefficient (Wildman–Crippen LogP) is 0.594. The van der Waals surface area contributed by atoms with Crippen molar-refractivity contribution in [1.29, 1.82) is 0 Å². The first-order valence-corrected chi connectivity index (χ1v) is 11.3. The van der Waals surface area contributed by atoms with Gasteiger partial charge in [-0.05, 0) is 6.42 Å². The number of hydrogen-bond donors (Lipinski definition) is 1. The molecule has 12 heteroatoms. The number of methoxy groups -OCH3 is 3. The highest BCUT2D eigenvalue weighted by atomic mass is 32.2. The summed E-state index contributed by atoms with van der Waals surface area (Å²) < 4.78 is 38.7. The van der Waals surface area contributed by atoms with Crippen molar-refractivity contribution < 1.29 is 37.0 Å². The Hall–Kier alpha value is -3.15. The molecule has 31 heavy (non-hydrogen) atoms. The molecule has 0 bridgehead atoms. The number of anilines is 1. The molecule has 168 valence electrons. The van der Waals surface area contributed by atoms with Crippen LogP contribution in [0.5, 0.6) is 11.5 Å². The molecule has 2 amide bonds. The Labute approximate surface area is 179 Å². The molecule has 0 radical (unpaired) electrons. The molecule has 1 unspecified atom stereocenters. The van der Waals surface area contributed by atoms with Gasteiger partial charge in [-0.3, -0.25) is 9.59 Å². The van der Waals surface area contributed by atoms with Gasteiger partial charge in [-0.25, -0.2) is 18.2 Å². The van der Waals surface area contributed by atoms with E-state index in [1.165, 1.54) is 33.5 Å². The number of carbonyl (C=O) groups excluding carboxylic acids is 3. The molecule has 0 aromatic heterocycles. The van der Waals surface area contributed by atoms with Crippen molar-refractivity contribution in [3.63, 3.8) is 0 Å². The van der Waals surface area contributed by atoms with Gasteiger partial charge >= 0.3 is 5.97 Å². The summed E-state index contributed by atoms with van der Waals surface area (Å²) in [7, 11) is 0.789. The van der Waals surface area contributed by atoms with E-state index in [9.17, 15) is 22.8 Å². The Kier molecular flexibility index (Phi) is 6.48. The maximum Gasteiger partial charge on any atom is 0.340 e. The molecule has 1 aromatic carbocycles. The van der Waals surface area contributed by atoms with Crippen molar-refractivity contribution in [1.82, 2.24) is 5.01 Å². The molecule has 1 atom stereocenters. The third-order valence-electron chi connectivity index (χ3n) is 5.05. The first-order chi connectivity index (χ1) is 14.7. The summed E-state index contributed by atoms with van der Waals surface area (Å²) >= 11 is 0. The number of carbonyl (C=O) groups is 3. The molecule has 2 aliphatic rings. The fourth-order valence-corrected chi connectivity index (χ4v) is 5.14. The van der Waals surface area contributed by atoms with E-state index >= 15 is 0 Å². The first kappa shape index (κ1) is 22.5. The number of esters is 1. The first-order valence-electron chi connectivity index (χ1n) is 9.44. The number of nitrogens with zero attached hydrogens (tertiary/aromatic N) is 2. The fraction of sp³-hybridized carbons (Fsp3) is 0.474. The van der Waals surface area contributed by atoms with Gasteiger partial charge in [0.25, 0.3) is 5.91 Å². The minimum Gasteiger partial charge on any atom is -0.493 e. The van der Waals surface area contributed by atoms with Crippen LogP contribution in [-0.2, 0) is 24.2 Å². The van der Waals surface area contributed by atoms with Gasteiger partial charge in [0.2, 0.25) is 5.91 Å². The van der Waals surface area contributed by atoms with Gasteiger partial charge < -0.3 is 19.5 Å². The van der Waals surface area contributed by atoms with E-state index in [0.717, 1.165) is 5.01 Å². The average molecular weight is 453 g/mol. The minimum absolute atomic E-state index is 0.0212. The topological polar surface area (TPSA) is 141 Å². The van der Waals surface area contributed by atoms with E-state index in [1.807, 2.05) is 0 Å². The number of ether oxygens (including phenoxy) is 3. The van der Waals surface area contributed by atoms with E-state index in [0.29, 0.717) is 0 Å². The molecular weight excluding hydrogens is 430 g/mol. The van der Waals surface area contributed by atoms with Gasteiger partial charge in [-0.2, -0.15) is 5.10 Å². The molecule has 0 saturated carbocycles. The highest BCUT2D eigenvalue weighted by Crippen LogP contribution is 2.34. The number of hydrogen-bond acceptors (Lipinski definition) is 9. The second-order valence-corrected chi connectivity index (χ2v) is 9.27. The highest BCUT2D eigenvalue weighted by Gasteiger charge is 2.37. The zero-order valence-electron chi connectivity index (χ0n) is 17.3. The molecule has 3 rings (SSSR count). The van der Waals surface area contributed by atoms with Gasteiger partial charge in [0.15, 0.2) is 21.3 Å². The van der Waals surface area contributed by atoms with Crippen LogP contribution in [0.4, 0.5) is 5.69 Å². The van der Waals surface area contributed by atoms with Crippen LogP contribution in [0, 0.1) is 0 Å². The fourth-order valence-electron chi connectivity index (χ4n) is 3.44. The maximum absolute atomic E-state index is 12.9. The number of benzene rings is 1. The number of sulfone groups is 1. The van der Waals surface area contributed by atoms with Crippen LogP contribution in [-0.4, -0.2) is 75.8 Å². The second-order valence-electron chi connectivity index (χ2n) is 7.04. The number of amides is 2. The lowest BCUT2D eigenvalue weighted by Gasteiger charge is -2.27. The third-order valence-corrected chi connectivity index (χ3v) is 6.80. The lowest BCUT2D eigenvalue weighted by atomic mass is 10.1. The summed E-state index contributed by atoms with van der Waals surface area (Å²) in [6.07, 6.45) is 0.384. The summed E-state index contributed by atoms with van der Waals surface area (Å²) in [5.74, 6) is -1.31. The zero-order valence-corrected chi connectivity index (χ0v) is 18.2. The van der Waals surface area contributed by atoms with E-state index in [4.69, 9.17) is 14.2 Å². The summed E-state index contributed by atoms with van der Waals surface area (Å²) in [6.45, 7) is 0. The predicted molar refractivity (Wildman–Crippen MR) is 110 cm³/mol. The average Bonchev–Trinajstić information content (AvgIpc) is 3.12. The molecule has 2 heterocycles. The summed E-state index contributed by atoms with van der Waals surface area (Å²) in [5.41, 5.74) is 0.207. The SMILES string of the molecule is COC(=O)c1cc(OC)c(OC)cc1NC(=O)C1=NN(C2CCS(=O)(=O)C2)C(=O)CC1. The van der Waals surface area contributed by atoms with Gasteiger partial charge in [-0.1, -0.05) is 0 Å². The van der Waals surface area contributed by atoms with Crippen molar-refractivity contribution in [2.75, 3.05) is 38.2 Å². The molecule has 0 spiro atoms. The van der Waals surface area contributed by atoms with E-state index < -0.39 is 27.8 Å². The molecular formula is C19H23N3O8S. The van der Waals surface area contributed by atoms with Crippen LogP contribution in [0.3, 0.4) is 0 Å². The summed E-state index contributed by atoms with van der Waals surface area (Å²) in [4.78, 5) is 37.3. The number of rotatable bonds is 6. The Morgan fingerprint density at radius 1 is 1.13 bits per heavy atom. The van der Waals surface area contributed by atoms with E-state index in [2.05, 4.69) is 10.4 Å². The lowest BCUT2D eigenvalue weighted by Crippen LogP contribution is -2.42. The second kappa shape index (κ2) is 8.92. The quantitative estimate of drug-likeness (QED) is 0.617. The molecule has 1 N–H and O–H groups in total.